The molecule has 0 radical (unpaired) electrons. The molecule has 2 aliphatic rings. The molecule has 1 aromatic carbocycles. The minimum Gasteiger partial charge on any atom is -0.491 e. The molecular weight excluding hydrogens is 392 g/mol. The van der Waals surface area contributed by atoms with Crippen molar-refractivity contribution in [2.45, 2.75) is 44.3 Å². The maximum absolute atomic E-state index is 13.6. The molecule has 0 aliphatic carbocycles. The van der Waals surface area contributed by atoms with Gasteiger partial charge in [0.2, 0.25) is 5.95 Å². The number of hydrogen-bond acceptors (Lipinski definition) is 6. The zero-order valence-corrected chi connectivity index (χ0v) is 17.2. The lowest BCUT2D eigenvalue weighted by atomic mass is 9.86. The minimum absolute atomic E-state index is 0.0138. The Kier molecular flexibility index (Phi) is 6.79. The molecule has 164 valence electrons. The van der Waals surface area contributed by atoms with E-state index in [9.17, 15) is 8.78 Å². The number of nitrogens with one attached hydrogen (secondary N) is 1. The van der Waals surface area contributed by atoms with Crippen LogP contribution in [0.5, 0.6) is 5.75 Å². The molecule has 7 nitrogen and oxygen atoms in total. The van der Waals surface area contributed by atoms with Crippen LogP contribution in [0.2, 0.25) is 0 Å². The highest BCUT2D eigenvalue weighted by atomic mass is 19.3. The Bertz CT molecular complexity index is 801. The summed E-state index contributed by atoms with van der Waals surface area (Å²) < 4.78 is 39.1. The molecule has 0 amide bonds. The normalized spacial score (nSPS) is 24.5. The van der Waals surface area contributed by atoms with E-state index in [0.717, 1.165) is 38.2 Å². The summed E-state index contributed by atoms with van der Waals surface area (Å²) in [6.45, 7) is 3.84. The fraction of sp³-hybridized carbons (Fsp3) is 0.619. The van der Waals surface area contributed by atoms with Crippen molar-refractivity contribution in [2.75, 3.05) is 38.7 Å². The summed E-state index contributed by atoms with van der Waals surface area (Å²) >= 11 is 0. The summed E-state index contributed by atoms with van der Waals surface area (Å²) in [5.74, 6) is 1.60. The monoisotopic (exact) mass is 421 g/mol. The van der Waals surface area contributed by atoms with Crippen molar-refractivity contribution in [3.05, 3.63) is 36.2 Å². The Labute approximate surface area is 175 Å². The van der Waals surface area contributed by atoms with E-state index in [1.54, 1.807) is 7.11 Å². The number of alkyl halides is 2. The number of anilines is 1. The number of nitrogens with zero attached hydrogens (tertiary/aromatic N) is 4. The van der Waals surface area contributed by atoms with Gasteiger partial charge in [-0.05, 0) is 49.4 Å². The lowest BCUT2D eigenvalue weighted by Gasteiger charge is -2.40. The summed E-state index contributed by atoms with van der Waals surface area (Å²) in [5, 5.41) is 7.33. The van der Waals surface area contributed by atoms with Gasteiger partial charge in [-0.25, -0.2) is 13.5 Å². The van der Waals surface area contributed by atoms with Crippen LogP contribution in [-0.4, -0.2) is 65.5 Å². The third kappa shape index (κ3) is 4.89. The number of benzene rings is 1. The number of fused-ring (bicyclic) bond motifs is 1. The summed E-state index contributed by atoms with van der Waals surface area (Å²) in [6.07, 6.45) is 1.37. The third-order valence-electron chi connectivity index (χ3n) is 5.98. The van der Waals surface area contributed by atoms with Crippen molar-refractivity contribution in [3.63, 3.8) is 0 Å². The van der Waals surface area contributed by atoms with Crippen LogP contribution in [0.3, 0.4) is 0 Å². The number of ether oxygens (including phenoxy) is 2. The molecule has 1 aromatic heterocycles. The zero-order chi connectivity index (χ0) is 20.9. The van der Waals surface area contributed by atoms with Crippen LogP contribution in [-0.2, 0) is 11.3 Å². The average molecular weight is 421 g/mol. The second-order valence-electron chi connectivity index (χ2n) is 8.04. The van der Waals surface area contributed by atoms with Crippen LogP contribution in [0.15, 0.2) is 30.6 Å². The predicted molar refractivity (Wildman–Crippen MR) is 109 cm³/mol. The first-order chi connectivity index (χ1) is 14.6. The molecule has 3 atom stereocenters. The van der Waals surface area contributed by atoms with E-state index >= 15 is 0 Å². The number of methoxy groups -OCH3 is 1. The van der Waals surface area contributed by atoms with Gasteiger partial charge in [0.15, 0.2) is 0 Å². The number of hydrogen-bond donors (Lipinski definition) is 1. The first-order valence-corrected chi connectivity index (χ1v) is 10.5. The molecule has 1 saturated heterocycles. The van der Waals surface area contributed by atoms with Gasteiger partial charge in [-0.15, -0.1) is 0 Å². The highest BCUT2D eigenvalue weighted by Gasteiger charge is 2.38. The van der Waals surface area contributed by atoms with Gasteiger partial charge >= 0.3 is 0 Å². The van der Waals surface area contributed by atoms with Crippen LogP contribution in [0.4, 0.5) is 14.7 Å². The van der Waals surface area contributed by atoms with Gasteiger partial charge in [-0.2, -0.15) is 10.1 Å². The lowest BCUT2D eigenvalue weighted by molar-refractivity contribution is 0.0550. The van der Waals surface area contributed by atoms with Gasteiger partial charge in [-0.3, -0.25) is 4.90 Å². The zero-order valence-electron chi connectivity index (χ0n) is 17.2. The van der Waals surface area contributed by atoms with Crippen molar-refractivity contribution in [1.82, 2.24) is 19.7 Å². The highest BCUT2D eigenvalue weighted by molar-refractivity contribution is 5.30. The number of aromatic nitrogens is 3. The molecule has 1 fully saturated rings. The van der Waals surface area contributed by atoms with Gasteiger partial charge in [0.1, 0.15) is 24.7 Å². The van der Waals surface area contributed by atoms with Crippen LogP contribution in [0, 0.1) is 5.92 Å². The van der Waals surface area contributed by atoms with E-state index in [1.807, 2.05) is 12.1 Å². The SMILES string of the molecule is COCCOc1ccc(CN2CCC[C@H]([C@@H]3C[C@H](C(F)F)n4ncnc4N3)C2)cc1. The summed E-state index contributed by atoms with van der Waals surface area (Å²) in [7, 11) is 1.65. The number of halogens is 2. The smallest absolute Gasteiger partial charge is 0.260 e. The van der Waals surface area contributed by atoms with Crippen LogP contribution in [0.25, 0.3) is 0 Å². The molecule has 4 rings (SSSR count). The maximum atomic E-state index is 13.6. The molecule has 2 aromatic rings. The van der Waals surface area contributed by atoms with Gasteiger partial charge in [0.25, 0.3) is 6.43 Å². The molecule has 2 aliphatic heterocycles. The number of rotatable bonds is 8. The number of likely N-dealkylation sites (tertiary alicyclic amines) is 1. The maximum Gasteiger partial charge on any atom is 0.260 e. The molecule has 3 heterocycles. The fourth-order valence-corrected chi connectivity index (χ4v) is 4.46. The van der Waals surface area contributed by atoms with Gasteiger partial charge in [0, 0.05) is 26.2 Å². The van der Waals surface area contributed by atoms with Crippen molar-refractivity contribution in [1.29, 1.82) is 0 Å². The molecule has 1 N–H and O–H groups in total. The van der Waals surface area contributed by atoms with Crippen LogP contribution >= 0.6 is 0 Å². The van der Waals surface area contributed by atoms with Crippen molar-refractivity contribution < 1.29 is 18.3 Å². The van der Waals surface area contributed by atoms with E-state index in [-0.39, 0.29) is 6.04 Å². The Morgan fingerprint density at radius 3 is 2.83 bits per heavy atom. The molecule has 0 unspecified atom stereocenters. The minimum atomic E-state index is -2.45. The molecule has 0 bridgehead atoms. The molecular formula is C21H29F2N5O2. The predicted octanol–water partition coefficient (Wildman–Crippen LogP) is 3.21. The first kappa shape index (κ1) is 21.0. The van der Waals surface area contributed by atoms with E-state index in [1.165, 1.54) is 16.6 Å². The van der Waals surface area contributed by atoms with Crippen molar-refractivity contribution >= 4 is 5.95 Å². The molecule has 0 spiro atoms. The molecule has 9 heteroatoms. The van der Waals surface area contributed by atoms with E-state index in [0.29, 0.717) is 31.5 Å². The summed E-state index contributed by atoms with van der Waals surface area (Å²) in [4.78, 5) is 6.54. The van der Waals surface area contributed by atoms with Crippen molar-refractivity contribution in [2.24, 2.45) is 5.92 Å². The van der Waals surface area contributed by atoms with E-state index in [2.05, 4.69) is 32.4 Å². The largest absolute Gasteiger partial charge is 0.491 e. The standard InChI is InChI=1S/C21H29F2N5O2/c1-29-9-10-30-17-6-4-15(5-7-17)12-27-8-2-3-16(13-27)18-11-19(20(22)23)28-21(26-18)24-14-25-28/h4-7,14,16,18-20H,2-3,8-13H2,1H3,(H,24,25,26)/t16-,18-,19+/m0/s1. The Hall–Kier alpha value is -2.26. The summed E-state index contributed by atoms with van der Waals surface area (Å²) in [5.41, 5.74) is 1.22. The average Bonchev–Trinajstić information content (AvgIpc) is 3.23. The van der Waals surface area contributed by atoms with Gasteiger partial charge < -0.3 is 14.8 Å². The molecule has 30 heavy (non-hydrogen) atoms. The second-order valence-corrected chi connectivity index (χ2v) is 8.04. The topological polar surface area (TPSA) is 64.4 Å². The molecule has 0 saturated carbocycles. The van der Waals surface area contributed by atoms with E-state index in [4.69, 9.17) is 9.47 Å². The number of piperidine rings is 1. The van der Waals surface area contributed by atoms with Crippen LogP contribution < -0.4 is 10.1 Å². The second kappa shape index (κ2) is 9.70. The first-order valence-electron chi connectivity index (χ1n) is 10.5. The van der Waals surface area contributed by atoms with Crippen LogP contribution in [0.1, 0.15) is 30.9 Å². The quantitative estimate of drug-likeness (QED) is 0.661. The lowest BCUT2D eigenvalue weighted by Crippen LogP contribution is -2.46. The third-order valence-corrected chi connectivity index (χ3v) is 5.98. The summed E-state index contributed by atoms with van der Waals surface area (Å²) in [6, 6.07) is 7.21. The van der Waals surface area contributed by atoms with Crippen molar-refractivity contribution in [3.8, 4) is 5.75 Å². The fourth-order valence-electron chi connectivity index (χ4n) is 4.46. The Morgan fingerprint density at radius 1 is 1.23 bits per heavy atom. The van der Waals surface area contributed by atoms with E-state index < -0.39 is 12.5 Å². The van der Waals surface area contributed by atoms with Gasteiger partial charge in [-0.1, -0.05) is 12.1 Å². The van der Waals surface area contributed by atoms with Gasteiger partial charge in [0.05, 0.1) is 6.61 Å². The Morgan fingerprint density at radius 2 is 2.07 bits per heavy atom. The Balaban J connectivity index is 1.34. The highest BCUT2D eigenvalue weighted by Crippen LogP contribution is 2.35.